The Balaban J connectivity index is 2.01. The Bertz CT molecular complexity index is 380. The quantitative estimate of drug-likeness (QED) is 0.875. The lowest BCUT2D eigenvalue weighted by Gasteiger charge is -2.32. The number of hydrogen-bond donors (Lipinski definition) is 1. The van der Waals surface area contributed by atoms with Crippen LogP contribution in [0.2, 0.25) is 0 Å². The van der Waals surface area contributed by atoms with Crippen molar-refractivity contribution in [3.8, 4) is 0 Å². The molecule has 0 saturated carbocycles. The molecule has 1 fully saturated rings. The maximum Gasteiger partial charge on any atom is 0.144 e. The normalized spacial score (nSPS) is 19.6. The maximum absolute atomic E-state index is 12.2. The zero-order valence-corrected chi connectivity index (χ0v) is 10.7. The van der Waals surface area contributed by atoms with Crippen LogP contribution in [0.25, 0.3) is 0 Å². The molecule has 2 heterocycles. The minimum atomic E-state index is -0.136. The van der Waals surface area contributed by atoms with Gasteiger partial charge < -0.3 is 5.32 Å². The molecule has 1 N–H and O–H groups in total. The molecular formula is C12H18N2OS. The Labute approximate surface area is 100 Å². The van der Waals surface area contributed by atoms with E-state index in [4.69, 9.17) is 0 Å². The van der Waals surface area contributed by atoms with Crippen molar-refractivity contribution in [1.82, 2.24) is 10.3 Å². The van der Waals surface area contributed by atoms with E-state index in [0.29, 0.717) is 12.2 Å². The molecule has 3 nitrogen and oxygen atoms in total. The Morgan fingerprint density at radius 3 is 2.81 bits per heavy atom. The lowest BCUT2D eigenvalue weighted by atomic mass is 9.76. The SMILES string of the molecule is Cc1nc(CC(=O)C2(C)CCNCC2)cs1. The van der Waals surface area contributed by atoms with Gasteiger partial charge in [0.15, 0.2) is 0 Å². The van der Waals surface area contributed by atoms with E-state index in [-0.39, 0.29) is 5.41 Å². The predicted octanol–water partition coefficient (Wildman–Crippen LogP) is 1.95. The molecule has 1 saturated heterocycles. The summed E-state index contributed by atoms with van der Waals surface area (Å²) in [5.74, 6) is 0.347. The summed E-state index contributed by atoms with van der Waals surface area (Å²) >= 11 is 1.62. The van der Waals surface area contributed by atoms with E-state index >= 15 is 0 Å². The minimum Gasteiger partial charge on any atom is -0.317 e. The van der Waals surface area contributed by atoms with Crippen LogP contribution in [0, 0.1) is 12.3 Å². The molecule has 4 heteroatoms. The summed E-state index contributed by atoms with van der Waals surface area (Å²) in [7, 11) is 0. The molecule has 1 aromatic heterocycles. The highest BCUT2D eigenvalue weighted by Crippen LogP contribution is 2.30. The minimum absolute atomic E-state index is 0.136. The van der Waals surface area contributed by atoms with Crippen LogP contribution in [0.4, 0.5) is 0 Å². The molecule has 1 aliphatic rings. The van der Waals surface area contributed by atoms with E-state index < -0.39 is 0 Å². The van der Waals surface area contributed by atoms with E-state index in [1.165, 1.54) is 0 Å². The highest BCUT2D eigenvalue weighted by atomic mass is 32.1. The number of piperidine rings is 1. The number of aromatic nitrogens is 1. The third-order valence-corrected chi connectivity index (χ3v) is 4.21. The number of ketones is 1. The summed E-state index contributed by atoms with van der Waals surface area (Å²) in [5, 5.41) is 6.33. The molecule has 0 spiro atoms. The standard InChI is InChI=1S/C12H18N2OS/c1-9-14-10(8-16-9)7-11(15)12(2)3-5-13-6-4-12/h8,13H,3-7H2,1-2H3. The van der Waals surface area contributed by atoms with Crippen LogP contribution in [0.5, 0.6) is 0 Å². The highest BCUT2D eigenvalue weighted by molar-refractivity contribution is 7.09. The molecule has 0 amide bonds. The second kappa shape index (κ2) is 4.63. The highest BCUT2D eigenvalue weighted by Gasteiger charge is 2.34. The molecular weight excluding hydrogens is 220 g/mol. The monoisotopic (exact) mass is 238 g/mol. The molecule has 0 bridgehead atoms. The van der Waals surface area contributed by atoms with Gasteiger partial charge in [-0.25, -0.2) is 4.98 Å². The van der Waals surface area contributed by atoms with Crippen molar-refractivity contribution in [3.05, 3.63) is 16.1 Å². The van der Waals surface area contributed by atoms with Crippen molar-refractivity contribution in [2.75, 3.05) is 13.1 Å². The molecule has 1 aromatic rings. The van der Waals surface area contributed by atoms with Gasteiger partial charge >= 0.3 is 0 Å². The van der Waals surface area contributed by atoms with Gasteiger partial charge in [-0.1, -0.05) is 6.92 Å². The molecule has 88 valence electrons. The van der Waals surface area contributed by atoms with E-state index in [2.05, 4.69) is 17.2 Å². The summed E-state index contributed by atoms with van der Waals surface area (Å²) in [4.78, 5) is 16.6. The van der Waals surface area contributed by atoms with Gasteiger partial charge in [-0.15, -0.1) is 11.3 Å². The molecule has 0 aliphatic carbocycles. The topological polar surface area (TPSA) is 42.0 Å². The number of nitrogens with zero attached hydrogens (tertiary/aromatic N) is 1. The first-order valence-electron chi connectivity index (χ1n) is 5.75. The number of hydrogen-bond acceptors (Lipinski definition) is 4. The third-order valence-electron chi connectivity index (χ3n) is 3.39. The Kier molecular flexibility index (Phi) is 3.40. The number of Topliss-reactive ketones (excluding diaryl/α,β-unsaturated/α-hetero) is 1. The maximum atomic E-state index is 12.2. The lowest BCUT2D eigenvalue weighted by molar-refractivity contribution is -0.128. The molecule has 0 unspecified atom stereocenters. The van der Waals surface area contributed by atoms with Crippen LogP contribution in [-0.4, -0.2) is 23.9 Å². The van der Waals surface area contributed by atoms with Gasteiger partial charge in [0.2, 0.25) is 0 Å². The summed E-state index contributed by atoms with van der Waals surface area (Å²) < 4.78 is 0. The van der Waals surface area contributed by atoms with Gasteiger partial charge in [0, 0.05) is 10.8 Å². The zero-order valence-electron chi connectivity index (χ0n) is 9.88. The van der Waals surface area contributed by atoms with Crippen molar-refractivity contribution in [1.29, 1.82) is 0 Å². The molecule has 0 atom stereocenters. The number of aryl methyl sites for hydroxylation is 1. The summed E-state index contributed by atoms with van der Waals surface area (Å²) in [5.41, 5.74) is 0.801. The molecule has 0 aromatic carbocycles. The Morgan fingerprint density at radius 1 is 1.56 bits per heavy atom. The van der Waals surface area contributed by atoms with E-state index in [0.717, 1.165) is 36.6 Å². The van der Waals surface area contributed by atoms with E-state index in [1.807, 2.05) is 12.3 Å². The smallest absolute Gasteiger partial charge is 0.144 e. The zero-order chi connectivity index (χ0) is 11.6. The van der Waals surface area contributed by atoms with Crippen molar-refractivity contribution >= 4 is 17.1 Å². The molecule has 1 aliphatic heterocycles. The van der Waals surface area contributed by atoms with E-state index in [1.54, 1.807) is 11.3 Å². The number of carbonyl (C=O) groups is 1. The fraction of sp³-hybridized carbons (Fsp3) is 0.667. The predicted molar refractivity (Wildman–Crippen MR) is 65.8 cm³/mol. The van der Waals surface area contributed by atoms with Gasteiger partial charge in [-0.05, 0) is 32.9 Å². The fourth-order valence-corrected chi connectivity index (χ4v) is 2.74. The number of thiazole rings is 1. The second-order valence-electron chi connectivity index (χ2n) is 4.77. The first-order chi connectivity index (χ1) is 7.60. The Morgan fingerprint density at radius 2 is 2.25 bits per heavy atom. The van der Waals surface area contributed by atoms with Crippen molar-refractivity contribution in [3.63, 3.8) is 0 Å². The average molecular weight is 238 g/mol. The van der Waals surface area contributed by atoms with Gasteiger partial charge in [-0.3, -0.25) is 4.79 Å². The first kappa shape index (κ1) is 11.7. The van der Waals surface area contributed by atoms with Crippen LogP contribution in [0.3, 0.4) is 0 Å². The average Bonchev–Trinajstić information content (AvgIpc) is 2.65. The number of nitrogens with one attached hydrogen (secondary N) is 1. The molecule has 2 rings (SSSR count). The van der Waals surface area contributed by atoms with Gasteiger partial charge in [0.25, 0.3) is 0 Å². The largest absolute Gasteiger partial charge is 0.317 e. The summed E-state index contributed by atoms with van der Waals surface area (Å²) in [6.07, 6.45) is 2.41. The van der Waals surface area contributed by atoms with Crippen LogP contribution in [0.1, 0.15) is 30.5 Å². The molecule has 16 heavy (non-hydrogen) atoms. The van der Waals surface area contributed by atoms with Crippen LogP contribution >= 0.6 is 11.3 Å². The van der Waals surface area contributed by atoms with Gasteiger partial charge in [0.1, 0.15) is 5.78 Å². The number of rotatable bonds is 3. The van der Waals surface area contributed by atoms with Crippen molar-refractivity contribution in [2.24, 2.45) is 5.41 Å². The van der Waals surface area contributed by atoms with Gasteiger partial charge in [0.05, 0.1) is 17.1 Å². The van der Waals surface area contributed by atoms with Gasteiger partial charge in [-0.2, -0.15) is 0 Å². The Hall–Kier alpha value is -0.740. The summed E-state index contributed by atoms with van der Waals surface area (Å²) in [6.45, 7) is 5.98. The first-order valence-corrected chi connectivity index (χ1v) is 6.63. The molecule has 0 radical (unpaired) electrons. The second-order valence-corrected chi connectivity index (χ2v) is 5.83. The third kappa shape index (κ3) is 2.50. The number of carbonyl (C=O) groups excluding carboxylic acids is 1. The van der Waals surface area contributed by atoms with Crippen LogP contribution in [-0.2, 0) is 11.2 Å². The summed E-state index contributed by atoms with van der Waals surface area (Å²) in [6, 6.07) is 0. The fourth-order valence-electron chi connectivity index (χ4n) is 2.12. The van der Waals surface area contributed by atoms with Crippen LogP contribution < -0.4 is 5.32 Å². The van der Waals surface area contributed by atoms with Crippen LogP contribution in [0.15, 0.2) is 5.38 Å². The van der Waals surface area contributed by atoms with Crippen molar-refractivity contribution < 1.29 is 4.79 Å². The van der Waals surface area contributed by atoms with E-state index in [9.17, 15) is 4.79 Å². The lowest BCUT2D eigenvalue weighted by Crippen LogP contribution is -2.40. The van der Waals surface area contributed by atoms with Crippen molar-refractivity contribution in [2.45, 2.75) is 33.1 Å².